The molecule has 0 fully saturated rings. The minimum Gasteiger partial charge on any atom is -0.336 e. The number of hydrogen-bond donors (Lipinski definition) is 1. The van der Waals surface area contributed by atoms with E-state index in [-0.39, 0.29) is 5.01 Å². The summed E-state index contributed by atoms with van der Waals surface area (Å²) in [6.45, 7) is 4.45. The molecule has 0 atom stereocenters. The molecule has 1 aromatic rings. The van der Waals surface area contributed by atoms with E-state index in [4.69, 9.17) is 6.42 Å². The van der Waals surface area contributed by atoms with Crippen molar-refractivity contribution in [3.8, 4) is 12.3 Å². The van der Waals surface area contributed by atoms with E-state index in [1.807, 2.05) is 0 Å². The van der Waals surface area contributed by atoms with Crippen molar-refractivity contribution in [1.82, 2.24) is 10.3 Å². The normalized spacial score (nSPS) is 12.1. The Balaban J connectivity index is 3.12. The second-order valence-electron chi connectivity index (χ2n) is 4.13. The standard InChI is InChI=1S/C11H11F3N2OS/c1-5-10(3,4)16-9(17)7-8(11(12,13)14)15-6(2)18-7/h1H,2-4H3,(H,16,17). The van der Waals surface area contributed by atoms with Gasteiger partial charge in [-0.3, -0.25) is 4.79 Å². The minimum atomic E-state index is -4.66. The highest BCUT2D eigenvalue weighted by Crippen LogP contribution is 2.34. The van der Waals surface area contributed by atoms with Crippen molar-refractivity contribution in [3.05, 3.63) is 15.6 Å². The summed E-state index contributed by atoms with van der Waals surface area (Å²) in [7, 11) is 0. The first-order valence-corrected chi connectivity index (χ1v) is 5.73. The zero-order valence-electron chi connectivity index (χ0n) is 9.97. The number of amides is 1. The van der Waals surface area contributed by atoms with E-state index in [0.29, 0.717) is 11.3 Å². The fraction of sp³-hybridized carbons (Fsp3) is 0.455. The molecule has 0 aliphatic carbocycles. The second-order valence-corrected chi connectivity index (χ2v) is 5.34. The number of carbonyl (C=O) groups is 1. The zero-order chi connectivity index (χ0) is 14.1. The molecule has 0 unspecified atom stereocenters. The monoisotopic (exact) mass is 276 g/mol. The summed E-state index contributed by atoms with van der Waals surface area (Å²) in [5.74, 6) is 1.41. The molecule has 98 valence electrons. The number of nitrogens with zero attached hydrogens (tertiary/aromatic N) is 1. The van der Waals surface area contributed by atoms with E-state index < -0.39 is 28.2 Å². The Hall–Kier alpha value is -1.55. The third kappa shape index (κ3) is 3.23. The lowest BCUT2D eigenvalue weighted by Crippen LogP contribution is -2.42. The fourth-order valence-corrected chi connectivity index (χ4v) is 1.98. The van der Waals surface area contributed by atoms with E-state index in [1.54, 1.807) is 0 Å². The van der Waals surface area contributed by atoms with Crippen LogP contribution in [0.1, 0.15) is 34.2 Å². The third-order valence-corrected chi connectivity index (χ3v) is 2.97. The van der Waals surface area contributed by atoms with Crippen molar-refractivity contribution in [3.63, 3.8) is 0 Å². The van der Waals surface area contributed by atoms with Gasteiger partial charge in [0, 0.05) is 0 Å². The molecule has 1 rings (SSSR count). The van der Waals surface area contributed by atoms with Gasteiger partial charge < -0.3 is 5.32 Å². The summed E-state index contributed by atoms with van der Waals surface area (Å²) < 4.78 is 38.0. The third-order valence-electron chi connectivity index (χ3n) is 2.00. The minimum absolute atomic E-state index is 0.172. The molecule has 0 aromatic carbocycles. The molecule has 0 aliphatic heterocycles. The van der Waals surface area contributed by atoms with Gasteiger partial charge in [0.1, 0.15) is 4.88 Å². The lowest BCUT2D eigenvalue weighted by molar-refractivity contribution is -0.141. The molecule has 0 spiro atoms. The summed E-state index contributed by atoms with van der Waals surface area (Å²) in [5.41, 5.74) is -2.19. The van der Waals surface area contributed by atoms with Crippen LogP contribution in [-0.4, -0.2) is 16.4 Å². The smallest absolute Gasteiger partial charge is 0.336 e. The number of carbonyl (C=O) groups excluding carboxylic acids is 1. The van der Waals surface area contributed by atoms with Gasteiger partial charge in [-0.15, -0.1) is 17.8 Å². The van der Waals surface area contributed by atoms with E-state index >= 15 is 0 Å². The van der Waals surface area contributed by atoms with Gasteiger partial charge in [-0.25, -0.2) is 4.98 Å². The van der Waals surface area contributed by atoms with Crippen LogP contribution in [0, 0.1) is 19.3 Å². The highest BCUT2D eigenvalue weighted by molar-refractivity contribution is 7.13. The molecule has 1 aromatic heterocycles. The lowest BCUT2D eigenvalue weighted by atomic mass is 10.1. The highest BCUT2D eigenvalue weighted by atomic mass is 32.1. The van der Waals surface area contributed by atoms with Crippen molar-refractivity contribution in [2.45, 2.75) is 32.5 Å². The number of hydrogen-bond acceptors (Lipinski definition) is 3. The van der Waals surface area contributed by atoms with Crippen molar-refractivity contribution in [2.24, 2.45) is 0 Å². The lowest BCUT2D eigenvalue weighted by Gasteiger charge is -2.19. The molecule has 7 heteroatoms. The molecule has 1 N–H and O–H groups in total. The maximum atomic E-state index is 12.7. The van der Waals surface area contributed by atoms with Crippen LogP contribution in [0.15, 0.2) is 0 Å². The molecule has 0 bridgehead atoms. The van der Waals surface area contributed by atoms with Crippen LogP contribution in [0.25, 0.3) is 0 Å². The summed E-state index contributed by atoms with van der Waals surface area (Å²) >= 11 is 0.689. The number of alkyl halides is 3. The number of terminal acetylenes is 1. The van der Waals surface area contributed by atoms with E-state index in [2.05, 4.69) is 16.2 Å². The maximum absolute atomic E-state index is 12.7. The number of rotatable bonds is 2. The molecule has 1 amide bonds. The molecule has 0 radical (unpaired) electrons. The summed E-state index contributed by atoms with van der Waals surface area (Å²) in [4.78, 5) is 14.6. The summed E-state index contributed by atoms with van der Waals surface area (Å²) in [6, 6.07) is 0. The molecule has 0 saturated carbocycles. The van der Waals surface area contributed by atoms with Gasteiger partial charge in [-0.2, -0.15) is 13.2 Å². The Morgan fingerprint density at radius 1 is 1.44 bits per heavy atom. The van der Waals surface area contributed by atoms with Crippen molar-refractivity contribution in [1.29, 1.82) is 0 Å². The molecule has 18 heavy (non-hydrogen) atoms. The summed E-state index contributed by atoms with van der Waals surface area (Å²) in [5, 5.41) is 2.52. The Bertz CT molecular complexity index is 511. The van der Waals surface area contributed by atoms with Gasteiger partial charge in [0.25, 0.3) is 5.91 Å². The molecule has 0 aliphatic rings. The predicted octanol–water partition coefficient (Wildman–Crippen LogP) is 2.61. The topological polar surface area (TPSA) is 42.0 Å². The van der Waals surface area contributed by atoms with Crippen LogP contribution in [0.3, 0.4) is 0 Å². The Morgan fingerprint density at radius 3 is 2.44 bits per heavy atom. The number of halogens is 3. The van der Waals surface area contributed by atoms with Gasteiger partial charge >= 0.3 is 6.18 Å². The summed E-state index contributed by atoms with van der Waals surface area (Å²) in [6.07, 6.45) is 0.508. The number of aromatic nitrogens is 1. The zero-order valence-corrected chi connectivity index (χ0v) is 10.8. The molecular weight excluding hydrogens is 265 g/mol. The van der Waals surface area contributed by atoms with Crippen molar-refractivity contribution >= 4 is 17.2 Å². The van der Waals surface area contributed by atoms with E-state index in [1.165, 1.54) is 20.8 Å². The second kappa shape index (κ2) is 4.61. The average molecular weight is 276 g/mol. The average Bonchev–Trinajstić information content (AvgIpc) is 2.59. The first-order valence-electron chi connectivity index (χ1n) is 4.92. The Kier molecular flexibility index (Phi) is 3.72. The van der Waals surface area contributed by atoms with Gasteiger partial charge in [0.15, 0.2) is 5.69 Å². The molecule has 1 heterocycles. The van der Waals surface area contributed by atoms with Gasteiger partial charge in [0.05, 0.1) is 10.5 Å². The predicted molar refractivity (Wildman–Crippen MR) is 62.2 cm³/mol. The maximum Gasteiger partial charge on any atom is 0.435 e. The highest BCUT2D eigenvalue weighted by Gasteiger charge is 2.39. The van der Waals surface area contributed by atoms with E-state index in [0.717, 1.165) is 0 Å². The molecule has 3 nitrogen and oxygen atoms in total. The van der Waals surface area contributed by atoms with Crippen LogP contribution >= 0.6 is 11.3 Å². The van der Waals surface area contributed by atoms with Crippen molar-refractivity contribution < 1.29 is 18.0 Å². The first-order chi connectivity index (χ1) is 8.07. The van der Waals surface area contributed by atoms with Crippen LogP contribution in [0.2, 0.25) is 0 Å². The number of aryl methyl sites for hydroxylation is 1. The molecular formula is C11H11F3N2OS. The quantitative estimate of drug-likeness (QED) is 0.844. The van der Waals surface area contributed by atoms with Gasteiger partial charge in [0.2, 0.25) is 0 Å². The SMILES string of the molecule is C#CC(C)(C)NC(=O)c1sc(C)nc1C(F)(F)F. The fourth-order valence-electron chi connectivity index (χ4n) is 1.15. The Morgan fingerprint density at radius 2 is 2.00 bits per heavy atom. The van der Waals surface area contributed by atoms with Crippen LogP contribution in [0.4, 0.5) is 13.2 Å². The van der Waals surface area contributed by atoms with Gasteiger partial charge in [-0.05, 0) is 20.8 Å². The number of nitrogens with one attached hydrogen (secondary N) is 1. The largest absolute Gasteiger partial charge is 0.435 e. The number of thiazole rings is 1. The van der Waals surface area contributed by atoms with Crippen LogP contribution in [-0.2, 0) is 6.18 Å². The first kappa shape index (κ1) is 14.5. The van der Waals surface area contributed by atoms with Gasteiger partial charge in [-0.1, -0.05) is 5.92 Å². The van der Waals surface area contributed by atoms with Crippen LogP contribution in [0.5, 0.6) is 0 Å². The van der Waals surface area contributed by atoms with Crippen molar-refractivity contribution in [2.75, 3.05) is 0 Å². The Labute approximate surface area is 106 Å². The van der Waals surface area contributed by atoms with E-state index in [9.17, 15) is 18.0 Å². The molecule has 0 saturated heterocycles. The van der Waals surface area contributed by atoms with Crippen LogP contribution < -0.4 is 5.32 Å².